The number of benzene rings is 2. The minimum Gasteiger partial charge on any atom is -0.394 e. The molecule has 9 nitrogen and oxygen atoms in total. The van der Waals surface area contributed by atoms with E-state index in [0.717, 1.165) is 30.4 Å². The molecule has 0 bridgehead atoms. The van der Waals surface area contributed by atoms with E-state index < -0.39 is 49.5 Å². The first-order chi connectivity index (χ1) is 22.9. The lowest BCUT2D eigenvalue weighted by molar-refractivity contribution is -0.303. The van der Waals surface area contributed by atoms with Gasteiger partial charge in [0.25, 0.3) is 0 Å². The fraction of sp³-hybridized carbons (Fsp3) is 0.684. The highest BCUT2D eigenvalue weighted by Crippen LogP contribution is 2.24. The summed E-state index contributed by atoms with van der Waals surface area (Å²) in [5, 5.41) is 40.4. The average molecular weight is 660 g/mol. The quantitative estimate of drug-likeness (QED) is 0.0887. The van der Waals surface area contributed by atoms with E-state index in [2.05, 4.69) is 6.92 Å². The number of nitrogens with two attached hydrogens (primary N) is 1. The number of aliphatic hydroxyl groups is 4. The van der Waals surface area contributed by atoms with Crippen LogP contribution in [0.25, 0.3) is 0 Å². The largest absolute Gasteiger partial charge is 0.394 e. The predicted molar refractivity (Wildman–Crippen MR) is 183 cm³/mol. The molecule has 2 aromatic carbocycles. The zero-order chi connectivity index (χ0) is 33.7. The number of rotatable bonds is 25. The Morgan fingerprint density at radius 1 is 0.681 bits per heavy atom. The van der Waals surface area contributed by atoms with Gasteiger partial charge in [-0.25, -0.2) is 0 Å². The summed E-state index contributed by atoms with van der Waals surface area (Å²) in [4.78, 5) is 0. The summed E-state index contributed by atoms with van der Waals surface area (Å²) >= 11 is 0. The molecule has 0 radical (unpaired) electrons. The van der Waals surface area contributed by atoms with Crippen molar-refractivity contribution in [1.82, 2.24) is 0 Å². The van der Waals surface area contributed by atoms with Gasteiger partial charge in [0.05, 0.1) is 38.6 Å². The molecule has 0 amide bonds. The second-order valence-electron chi connectivity index (χ2n) is 13.0. The number of ether oxygens (including phenoxy) is 4. The van der Waals surface area contributed by atoms with E-state index in [4.69, 9.17) is 24.7 Å². The summed E-state index contributed by atoms with van der Waals surface area (Å²) in [5.41, 5.74) is 8.81. The van der Waals surface area contributed by atoms with Crippen LogP contribution in [0.3, 0.4) is 0 Å². The topological polar surface area (TPSA) is 144 Å². The van der Waals surface area contributed by atoms with Crippen LogP contribution in [0.4, 0.5) is 0 Å². The minimum absolute atomic E-state index is 0.0637. The standard InChI is InChI=1S/C38H61NO8/c1-2-3-4-5-6-7-8-9-10-11-12-19-24-32(44-26-29-20-15-13-16-21-29)37(45-27-30-22-17-14-18-23-30)31(39)28-46-38-36(43)35(42)34(41)33(25-40)47-38/h13-18,20-23,31-38,40-43H,2-12,19,24-28,39H2,1H3/t31-,32+,33+,34-,35-,36+,37-,38-/m0/s1. The molecule has 2 aromatic rings. The number of hydrogen-bond donors (Lipinski definition) is 5. The van der Waals surface area contributed by atoms with Crippen molar-refractivity contribution in [2.24, 2.45) is 5.73 Å². The van der Waals surface area contributed by atoms with Crippen molar-refractivity contribution in [3.05, 3.63) is 71.8 Å². The average Bonchev–Trinajstić information content (AvgIpc) is 3.10. The van der Waals surface area contributed by atoms with Gasteiger partial charge in [0.2, 0.25) is 0 Å². The number of hydrogen-bond acceptors (Lipinski definition) is 9. The van der Waals surface area contributed by atoms with Crippen molar-refractivity contribution in [3.63, 3.8) is 0 Å². The van der Waals surface area contributed by atoms with Gasteiger partial charge in [-0.05, 0) is 17.5 Å². The van der Waals surface area contributed by atoms with Crippen LogP contribution in [-0.4, -0.2) is 82.6 Å². The van der Waals surface area contributed by atoms with E-state index in [1.54, 1.807) is 0 Å². The lowest BCUT2D eigenvalue weighted by Crippen LogP contribution is -2.60. The molecule has 1 aliphatic heterocycles. The SMILES string of the molecule is CCCCCCCCCCCCCC[C@@H](OCc1ccccc1)[C@@H](OCc1ccccc1)[C@@H](N)CO[C@H]1O[C@H](CO)[C@H](O)[C@H](O)[C@H]1O. The fourth-order valence-electron chi connectivity index (χ4n) is 6.09. The summed E-state index contributed by atoms with van der Waals surface area (Å²) in [6.07, 6.45) is 8.22. The van der Waals surface area contributed by atoms with Crippen molar-refractivity contribution in [3.8, 4) is 0 Å². The van der Waals surface area contributed by atoms with Crippen LogP contribution in [0.15, 0.2) is 60.7 Å². The van der Waals surface area contributed by atoms with Crippen LogP contribution in [-0.2, 0) is 32.2 Å². The van der Waals surface area contributed by atoms with Gasteiger partial charge in [-0.3, -0.25) is 0 Å². The zero-order valence-electron chi connectivity index (χ0n) is 28.4. The van der Waals surface area contributed by atoms with E-state index in [0.29, 0.717) is 13.2 Å². The Morgan fingerprint density at radius 2 is 1.19 bits per heavy atom. The highest BCUT2D eigenvalue weighted by Gasteiger charge is 2.44. The molecule has 8 atom stereocenters. The van der Waals surface area contributed by atoms with Gasteiger partial charge < -0.3 is 45.1 Å². The maximum Gasteiger partial charge on any atom is 0.186 e. The Hall–Kier alpha value is -1.92. The summed E-state index contributed by atoms with van der Waals surface area (Å²) in [6.45, 7) is 2.41. The van der Waals surface area contributed by atoms with Crippen LogP contribution >= 0.6 is 0 Å². The molecule has 0 unspecified atom stereocenters. The summed E-state index contributed by atoms with van der Waals surface area (Å²) in [6, 6.07) is 19.2. The van der Waals surface area contributed by atoms with E-state index >= 15 is 0 Å². The van der Waals surface area contributed by atoms with Gasteiger partial charge in [-0.1, -0.05) is 145 Å². The second kappa shape index (κ2) is 23.4. The fourth-order valence-corrected chi connectivity index (χ4v) is 6.09. The maximum absolute atomic E-state index is 10.5. The van der Waals surface area contributed by atoms with Crippen LogP contribution in [0.5, 0.6) is 0 Å². The summed E-state index contributed by atoms with van der Waals surface area (Å²) in [5.74, 6) is 0. The van der Waals surface area contributed by atoms with Gasteiger partial charge in [0, 0.05) is 0 Å². The van der Waals surface area contributed by atoms with Gasteiger partial charge in [-0.15, -0.1) is 0 Å². The summed E-state index contributed by atoms with van der Waals surface area (Å²) in [7, 11) is 0. The molecule has 266 valence electrons. The highest BCUT2D eigenvalue weighted by atomic mass is 16.7. The molecule has 3 rings (SSSR count). The van der Waals surface area contributed by atoms with E-state index in [1.807, 2.05) is 60.7 Å². The lowest BCUT2D eigenvalue weighted by Gasteiger charge is -2.40. The third-order valence-electron chi connectivity index (χ3n) is 9.02. The smallest absolute Gasteiger partial charge is 0.186 e. The van der Waals surface area contributed by atoms with Crippen LogP contribution in [0.1, 0.15) is 102 Å². The molecule has 6 N–H and O–H groups in total. The second-order valence-corrected chi connectivity index (χ2v) is 13.0. The first-order valence-electron chi connectivity index (χ1n) is 17.9. The molecular formula is C38H61NO8. The first kappa shape index (κ1) is 39.5. The molecule has 0 saturated carbocycles. The van der Waals surface area contributed by atoms with Crippen LogP contribution < -0.4 is 5.73 Å². The zero-order valence-corrected chi connectivity index (χ0v) is 28.4. The Balaban J connectivity index is 1.60. The first-order valence-corrected chi connectivity index (χ1v) is 17.9. The molecule has 0 aliphatic carbocycles. The molecule has 0 aromatic heterocycles. The number of aliphatic hydroxyl groups excluding tert-OH is 4. The monoisotopic (exact) mass is 659 g/mol. The molecule has 9 heteroatoms. The van der Waals surface area contributed by atoms with E-state index in [-0.39, 0.29) is 12.7 Å². The van der Waals surface area contributed by atoms with E-state index in [9.17, 15) is 20.4 Å². The molecule has 0 spiro atoms. The van der Waals surface area contributed by atoms with Crippen LogP contribution in [0.2, 0.25) is 0 Å². The van der Waals surface area contributed by atoms with Crippen molar-refractivity contribution in [2.45, 2.75) is 153 Å². The predicted octanol–water partition coefficient (Wildman–Crippen LogP) is 5.39. The van der Waals surface area contributed by atoms with Crippen LogP contribution in [0, 0.1) is 0 Å². The Bertz CT molecular complexity index is 1030. The molecule has 47 heavy (non-hydrogen) atoms. The van der Waals surface area contributed by atoms with Gasteiger partial charge in [0.15, 0.2) is 6.29 Å². The number of unbranched alkanes of at least 4 members (excludes halogenated alkanes) is 11. The van der Waals surface area contributed by atoms with Gasteiger partial charge >= 0.3 is 0 Å². The van der Waals surface area contributed by atoms with Gasteiger partial charge in [0.1, 0.15) is 30.5 Å². The lowest BCUT2D eigenvalue weighted by atomic mass is 9.98. The molecular weight excluding hydrogens is 598 g/mol. The summed E-state index contributed by atoms with van der Waals surface area (Å²) < 4.78 is 24.4. The van der Waals surface area contributed by atoms with Crippen molar-refractivity contribution >= 4 is 0 Å². The third kappa shape index (κ3) is 14.6. The van der Waals surface area contributed by atoms with E-state index in [1.165, 1.54) is 64.2 Å². The Morgan fingerprint density at radius 3 is 1.72 bits per heavy atom. The maximum atomic E-state index is 10.5. The highest BCUT2D eigenvalue weighted by molar-refractivity contribution is 5.14. The van der Waals surface area contributed by atoms with Crippen molar-refractivity contribution < 1.29 is 39.4 Å². The van der Waals surface area contributed by atoms with Crippen molar-refractivity contribution in [1.29, 1.82) is 0 Å². The molecule has 1 heterocycles. The van der Waals surface area contributed by atoms with Gasteiger partial charge in [-0.2, -0.15) is 0 Å². The Kier molecular flexibility index (Phi) is 19.7. The normalized spacial score (nSPS) is 23.4. The third-order valence-corrected chi connectivity index (χ3v) is 9.02. The molecule has 1 aliphatic rings. The molecule has 1 saturated heterocycles. The minimum atomic E-state index is -1.53. The molecule has 1 fully saturated rings. The van der Waals surface area contributed by atoms with Crippen molar-refractivity contribution in [2.75, 3.05) is 13.2 Å². The Labute approximate surface area is 282 Å².